The molecule has 1 amide bonds. The molecule has 0 unspecified atom stereocenters. The van der Waals surface area contributed by atoms with E-state index in [1.54, 1.807) is 24.7 Å². The van der Waals surface area contributed by atoms with Crippen molar-refractivity contribution in [2.24, 2.45) is 7.05 Å². The van der Waals surface area contributed by atoms with Crippen molar-refractivity contribution in [3.63, 3.8) is 0 Å². The highest BCUT2D eigenvalue weighted by molar-refractivity contribution is 6.04. The van der Waals surface area contributed by atoms with Gasteiger partial charge in [-0.3, -0.25) is 9.48 Å². The fraction of sp³-hybridized carbons (Fsp3) is 0.273. The number of furan rings is 1. The van der Waals surface area contributed by atoms with E-state index in [0.29, 0.717) is 17.1 Å². The number of aryl methyl sites for hydroxylation is 3. The van der Waals surface area contributed by atoms with Gasteiger partial charge in [-0.15, -0.1) is 0 Å². The predicted molar refractivity (Wildman–Crippen MR) is 59.3 cm³/mol. The summed E-state index contributed by atoms with van der Waals surface area (Å²) in [5, 5.41) is 6.92. The Balaban J connectivity index is 2.20. The van der Waals surface area contributed by atoms with Crippen LogP contribution in [0.2, 0.25) is 0 Å². The number of carbonyl (C=O) groups excluding carboxylic acids is 1. The van der Waals surface area contributed by atoms with Gasteiger partial charge in [0.2, 0.25) is 0 Å². The molecule has 0 fully saturated rings. The summed E-state index contributed by atoms with van der Waals surface area (Å²) in [5.74, 6) is 1.09. The van der Waals surface area contributed by atoms with Crippen molar-refractivity contribution < 1.29 is 9.21 Å². The molecule has 0 atom stereocenters. The first kappa shape index (κ1) is 10.5. The Labute approximate surface area is 93.1 Å². The summed E-state index contributed by atoms with van der Waals surface area (Å²) in [4.78, 5) is 11.8. The molecule has 84 valence electrons. The van der Waals surface area contributed by atoms with E-state index in [2.05, 4.69) is 10.4 Å². The monoisotopic (exact) mass is 219 g/mol. The molecule has 0 saturated heterocycles. The van der Waals surface area contributed by atoms with E-state index >= 15 is 0 Å². The molecule has 0 saturated carbocycles. The third-order valence-electron chi connectivity index (χ3n) is 2.35. The maximum absolute atomic E-state index is 11.8. The molecule has 5 nitrogen and oxygen atoms in total. The van der Waals surface area contributed by atoms with Gasteiger partial charge in [0.05, 0.1) is 17.5 Å². The first-order valence-corrected chi connectivity index (χ1v) is 4.94. The van der Waals surface area contributed by atoms with Crippen LogP contribution in [-0.2, 0) is 7.05 Å². The molecule has 0 aliphatic carbocycles. The summed E-state index contributed by atoms with van der Waals surface area (Å²) < 4.78 is 6.70. The molecular formula is C11H13N3O2. The van der Waals surface area contributed by atoms with Crippen LogP contribution in [0.3, 0.4) is 0 Å². The molecule has 1 N–H and O–H groups in total. The minimum atomic E-state index is -0.186. The van der Waals surface area contributed by atoms with E-state index in [9.17, 15) is 4.79 Å². The smallest absolute Gasteiger partial charge is 0.260 e. The molecule has 2 aromatic rings. The predicted octanol–water partition coefficient (Wildman–Crippen LogP) is 1.88. The number of anilines is 1. The Morgan fingerprint density at radius 2 is 2.25 bits per heavy atom. The van der Waals surface area contributed by atoms with Gasteiger partial charge in [0.15, 0.2) is 0 Å². The zero-order valence-electron chi connectivity index (χ0n) is 9.44. The Morgan fingerprint density at radius 3 is 2.75 bits per heavy atom. The quantitative estimate of drug-likeness (QED) is 0.838. The van der Waals surface area contributed by atoms with Crippen molar-refractivity contribution in [3.8, 4) is 0 Å². The number of aromatic nitrogens is 2. The number of hydrogen-bond donors (Lipinski definition) is 1. The normalized spacial score (nSPS) is 10.4. The lowest BCUT2D eigenvalue weighted by Crippen LogP contribution is -2.14. The molecule has 0 radical (unpaired) electrons. The average molecular weight is 219 g/mol. The Bertz CT molecular complexity index is 525. The number of nitrogens with zero attached hydrogens (tertiary/aromatic N) is 2. The van der Waals surface area contributed by atoms with Gasteiger partial charge in [-0.05, 0) is 19.9 Å². The standard InChI is InChI=1S/C11H13N3O2/c1-7-6-10(14(3)13-7)12-11(15)9-4-5-16-8(9)2/h4-6H,1-3H3,(H,12,15). The van der Waals surface area contributed by atoms with Gasteiger partial charge in [-0.2, -0.15) is 5.10 Å². The van der Waals surface area contributed by atoms with E-state index in [1.165, 1.54) is 6.26 Å². The van der Waals surface area contributed by atoms with Crippen molar-refractivity contribution in [1.82, 2.24) is 9.78 Å². The van der Waals surface area contributed by atoms with E-state index in [1.807, 2.05) is 13.0 Å². The molecule has 0 aliphatic rings. The number of amides is 1. The van der Waals surface area contributed by atoms with Gasteiger partial charge in [0, 0.05) is 13.1 Å². The van der Waals surface area contributed by atoms with Gasteiger partial charge in [-0.1, -0.05) is 0 Å². The van der Waals surface area contributed by atoms with Crippen molar-refractivity contribution >= 4 is 11.7 Å². The first-order chi connectivity index (χ1) is 7.58. The fourth-order valence-corrected chi connectivity index (χ4v) is 1.53. The van der Waals surface area contributed by atoms with Gasteiger partial charge in [0.1, 0.15) is 11.6 Å². The van der Waals surface area contributed by atoms with Crippen molar-refractivity contribution in [3.05, 3.63) is 35.4 Å². The molecule has 0 spiro atoms. The maximum Gasteiger partial charge on any atom is 0.260 e. The minimum Gasteiger partial charge on any atom is -0.469 e. The molecule has 0 bridgehead atoms. The number of rotatable bonds is 2. The zero-order chi connectivity index (χ0) is 11.7. The molecule has 0 aromatic carbocycles. The van der Waals surface area contributed by atoms with Crippen LogP contribution in [0, 0.1) is 13.8 Å². The summed E-state index contributed by atoms with van der Waals surface area (Å²) in [7, 11) is 1.78. The van der Waals surface area contributed by atoms with Crippen LogP contribution < -0.4 is 5.32 Å². The van der Waals surface area contributed by atoms with Gasteiger partial charge in [0.25, 0.3) is 5.91 Å². The Kier molecular flexibility index (Phi) is 2.52. The van der Waals surface area contributed by atoms with Crippen LogP contribution in [0.1, 0.15) is 21.8 Å². The van der Waals surface area contributed by atoms with Crippen molar-refractivity contribution in [1.29, 1.82) is 0 Å². The van der Waals surface area contributed by atoms with E-state index in [0.717, 1.165) is 5.69 Å². The molecular weight excluding hydrogens is 206 g/mol. The second-order valence-electron chi connectivity index (χ2n) is 3.64. The minimum absolute atomic E-state index is 0.186. The lowest BCUT2D eigenvalue weighted by atomic mass is 10.2. The van der Waals surface area contributed by atoms with Crippen LogP contribution in [0.15, 0.2) is 22.8 Å². The lowest BCUT2D eigenvalue weighted by molar-refractivity contribution is 0.102. The highest BCUT2D eigenvalue weighted by Gasteiger charge is 2.13. The molecule has 2 aromatic heterocycles. The highest BCUT2D eigenvalue weighted by atomic mass is 16.3. The second kappa shape index (κ2) is 3.84. The largest absolute Gasteiger partial charge is 0.469 e. The average Bonchev–Trinajstić information content (AvgIpc) is 2.74. The third kappa shape index (κ3) is 1.84. The summed E-state index contributed by atoms with van der Waals surface area (Å²) in [6, 6.07) is 3.46. The molecule has 0 aliphatic heterocycles. The molecule has 5 heteroatoms. The van der Waals surface area contributed by atoms with Crippen molar-refractivity contribution in [2.75, 3.05) is 5.32 Å². The number of carbonyl (C=O) groups is 1. The first-order valence-electron chi connectivity index (χ1n) is 4.94. The van der Waals surface area contributed by atoms with Crippen LogP contribution in [0.4, 0.5) is 5.82 Å². The lowest BCUT2D eigenvalue weighted by Gasteiger charge is -2.03. The van der Waals surface area contributed by atoms with Crippen molar-refractivity contribution in [2.45, 2.75) is 13.8 Å². The zero-order valence-corrected chi connectivity index (χ0v) is 9.44. The molecule has 2 rings (SSSR count). The topological polar surface area (TPSA) is 60.1 Å². The Hall–Kier alpha value is -2.04. The number of hydrogen-bond acceptors (Lipinski definition) is 3. The Morgan fingerprint density at radius 1 is 1.50 bits per heavy atom. The van der Waals surface area contributed by atoms with Gasteiger partial charge < -0.3 is 9.73 Å². The van der Waals surface area contributed by atoms with E-state index in [-0.39, 0.29) is 5.91 Å². The maximum atomic E-state index is 11.8. The number of nitrogens with one attached hydrogen (secondary N) is 1. The SMILES string of the molecule is Cc1cc(NC(=O)c2ccoc2C)n(C)n1. The summed E-state index contributed by atoms with van der Waals surface area (Å²) >= 11 is 0. The third-order valence-corrected chi connectivity index (χ3v) is 2.35. The summed E-state index contributed by atoms with van der Waals surface area (Å²) in [6.45, 7) is 3.63. The fourth-order valence-electron chi connectivity index (χ4n) is 1.53. The molecule has 16 heavy (non-hydrogen) atoms. The van der Waals surface area contributed by atoms with E-state index in [4.69, 9.17) is 4.42 Å². The second-order valence-corrected chi connectivity index (χ2v) is 3.64. The summed E-state index contributed by atoms with van der Waals surface area (Å²) in [5.41, 5.74) is 1.40. The summed E-state index contributed by atoms with van der Waals surface area (Å²) in [6.07, 6.45) is 1.50. The molecule has 2 heterocycles. The van der Waals surface area contributed by atoms with Gasteiger partial charge in [-0.25, -0.2) is 0 Å². The van der Waals surface area contributed by atoms with Crippen LogP contribution in [0.25, 0.3) is 0 Å². The highest BCUT2D eigenvalue weighted by Crippen LogP contribution is 2.13. The van der Waals surface area contributed by atoms with Crippen LogP contribution in [0.5, 0.6) is 0 Å². The van der Waals surface area contributed by atoms with Crippen LogP contribution >= 0.6 is 0 Å². The van der Waals surface area contributed by atoms with E-state index < -0.39 is 0 Å². The van der Waals surface area contributed by atoms with Gasteiger partial charge >= 0.3 is 0 Å². The van der Waals surface area contributed by atoms with Crippen LogP contribution in [-0.4, -0.2) is 15.7 Å².